The largest absolute Gasteiger partial charge is 1.00 e. The minimum absolute atomic E-state index is 0. The van der Waals surface area contributed by atoms with Crippen LogP contribution in [0.4, 0.5) is 0 Å². The van der Waals surface area contributed by atoms with Gasteiger partial charge in [-0.05, 0) is 10.9 Å². The summed E-state index contributed by atoms with van der Waals surface area (Å²) in [5.41, 5.74) is 3.93. The van der Waals surface area contributed by atoms with Crippen LogP contribution in [0.3, 0.4) is 0 Å². The van der Waals surface area contributed by atoms with Crippen molar-refractivity contribution in [1.29, 1.82) is 0 Å². The minimum Gasteiger partial charge on any atom is -1.00 e. The first-order valence-electron chi connectivity index (χ1n) is 6.20. The summed E-state index contributed by atoms with van der Waals surface area (Å²) in [5.74, 6) is 0. The van der Waals surface area contributed by atoms with Gasteiger partial charge < -0.3 is 21.5 Å². The zero-order valence-electron chi connectivity index (χ0n) is 11.2. The lowest BCUT2D eigenvalue weighted by Gasteiger charge is -2.22. The van der Waals surface area contributed by atoms with Gasteiger partial charge >= 0.3 is 0 Å². The highest BCUT2D eigenvalue weighted by Crippen LogP contribution is 2.40. The average Bonchev–Trinajstić information content (AvgIpc) is 2.66. The molecule has 0 aliphatic carbocycles. The maximum Gasteiger partial charge on any atom is 0.106 e. The van der Waals surface area contributed by atoms with E-state index in [-0.39, 0.29) is 17.0 Å². The zero-order chi connectivity index (χ0) is 12.9. The molecule has 0 fully saturated rings. The van der Waals surface area contributed by atoms with E-state index >= 15 is 0 Å². The van der Waals surface area contributed by atoms with Crippen molar-refractivity contribution in [3.8, 4) is 0 Å². The van der Waals surface area contributed by atoms with E-state index < -0.39 is 0 Å². The second kappa shape index (κ2) is 4.93. The molecule has 1 aliphatic heterocycles. The van der Waals surface area contributed by atoms with E-state index in [1.54, 1.807) is 0 Å². The van der Waals surface area contributed by atoms with Crippen LogP contribution in [-0.2, 0) is 13.1 Å². The van der Waals surface area contributed by atoms with Crippen LogP contribution < -0.4 is 17.0 Å². The van der Waals surface area contributed by atoms with Crippen molar-refractivity contribution < 1.29 is 21.5 Å². The third-order valence-electron chi connectivity index (χ3n) is 3.78. The second-order valence-electron chi connectivity index (χ2n) is 5.69. The average molecular weight is 339 g/mol. The summed E-state index contributed by atoms with van der Waals surface area (Å²) in [6.45, 7) is 6.01. The lowest BCUT2D eigenvalue weighted by Crippen LogP contribution is -3.00. The van der Waals surface area contributed by atoms with Gasteiger partial charge in [-0.2, -0.15) is 0 Å². The normalized spacial score (nSPS) is 15.9. The molecule has 0 amide bonds. The topological polar surface area (TPSA) is 0 Å². The summed E-state index contributed by atoms with van der Waals surface area (Å²) in [4.78, 5) is 0. The Morgan fingerprint density at radius 3 is 2.32 bits per heavy atom. The number of hydrogen-bond acceptors (Lipinski definition) is 0. The molecule has 0 N–H and O–H groups in total. The van der Waals surface area contributed by atoms with Crippen molar-refractivity contribution in [2.75, 3.05) is 14.1 Å². The standard InChI is InChI=1S/C16H17ClN.BrH/c1-4-11-12-7-5-6-8-13(12)16(17)15-10-18(2,3)9-14(11)15;/h4-8H,1,9-10H2,2-3H3;1H/q+1;/p-1. The highest BCUT2D eigenvalue weighted by molar-refractivity contribution is 6.36. The molecule has 2 aromatic carbocycles. The molecule has 2 aromatic rings. The maximum atomic E-state index is 6.60. The third-order valence-corrected chi connectivity index (χ3v) is 4.22. The molecule has 0 radical (unpaired) electrons. The first kappa shape index (κ1) is 14.6. The van der Waals surface area contributed by atoms with Gasteiger partial charge in [0.2, 0.25) is 0 Å². The zero-order valence-corrected chi connectivity index (χ0v) is 13.6. The summed E-state index contributed by atoms with van der Waals surface area (Å²) < 4.78 is 0.964. The van der Waals surface area contributed by atoms with Gasteiger partial charge in [0.25, 0.3) is 0 Å². The smallest absolute Gasteiger partial charge is 0.106 e. The van der Waals surface area contributed by atoms with Gasteiger partial charge in [0.05, 0.1) is 19.1 Å². The van der Waals surface area contributed by atoms with Crippen LogP contribution in [0.1, 0.15) is 16.7 Å². The number of halogens is 2. The summed E-state index contributed by atoms with van der Waals surface area (Å²) in [6, 6.07) is 8.34. The van der Waals surface area contributed by atoms with Crippen LogP contribution in [0.25, 0.3) is 16.8 Å². The summed E-state index contributed by atoms with van der Waals surface area (Å²) in [5, 5.41) is 3.29. The number of rotatable bonds is 1. The fourth-order valence-corrected chi connectivity index (χ4v) is 3.36. The molecule has 0 atom stereocenters. The molecule has 0 aromatic heterocycles. The molecule has 3 rings (SSSR count). The fourth-order valence-electron chi connectivity index (χ4n) is 3.02. The molecule has 1 aliphatic rings. The molecule has 19 heavy (non-hydrogen) atoms. The predicted molar refractivity (Wildman–Crippen MR) is 78.6 cm³/mol. The highest BCUT2D eigenvalue weighted by Gasteiger charge is 2.32. The molecule has 3 heteroatoms. The molecule has 0 saturated heterocycles. The number of benzene rings is 2. The van der Waals surface area contributed by atoms with Gasteiger partial charge in [-0.25, -0.2) is 0 Å². The first-order valence-corrected chi connectivity index (χ1v) is 6.58. The van der Waals surface area contributed by atoms with Crippen LogP contribution in [0, 0.1) is 0 Å². The van der Waals surface area contributed by atoms with Gasteiger partial charge in [-0.3, -0.25) is 0 Å². The summed E-state index contributed by atoms with van der Waals surface area (Å²) in [6.07, 6.45) is 1.98. The Hall–Kier alpha value is -0.830. The van der Waals surface area contributed by atoms with E-state index in [4.69, 9.17) is 11.6 Å². The maximum absolute atomic E-state index is 6.60. The van der Waals surface area contributed by atoms with Crippen LogP contribution in [0.15, 0.2) is 30.8 Å². The van der Waals surface area contributed by atoms with Crippen molar-refractivity contribution in [1.82, 2.24) is 0 Å². The van der Waals surface area contributed by atoms with E-state index in [9.17, 15) is 0 Å². The molecule has 0 unspecified atom stereocenters. The Balaban J connectivity index is 0.00000133. The molecule has 0 saturated carbocycles. The van der Waals surface area contributed by atoms with Gasteiger partial charge in [0.1, 0.15) is 13.1 Å². The summed E-state index contributed by atoms with van der Waals surface area (Å²) >= 11 is 6.60. The number of fused-ring (bicyclic) bond motifs is 2. The second-order valence-corrected chi connectivity index (χ2v) is 6.06. The molecule has 1 heterocycles. The van der Waals surface area contributed by atoms with Crippen molar-refractivity contribution in [3.05, 3.63) is 52.6 Å². The summed E-state index contributed by atoms with van der Waals surface area (Å²) in [7, 11) is 4.49. The molecule has 1 nitrogen and oxygen atoms in total. The van der Waals surface area contributed by atoms with Crippen LogP contribution in [0.2, 0.25) is 5.02 Å². The highest BCUT2D eigenvalue weighted by atomic mass is 79.9. The van der Waals surface area contributed by atoms with Crippen molar-refractivity contribution >= 4 is 28.4 Å². The fraction of sp³-hybridized carbons (Fsp3) is 0.250. The van der Waals surface area contributed by atoms with E-state index in [2.05, 4.69) is 38.9 Å². The molecular weight excluding hydrogens is 322 g/mol. The first-order chi connectivity index (χ1) is 8.53. The lowest BCUT2D eigenvalue weighted by molar-refractivity contribution is -0.910. The Morgan fingerprint density at radius 2 is 1.68 bits per heavy atom. The lowest BCUT2D eigenvalue weighted by atomic mass is 9.95. The monoisotopic (exact) mass is 337 g/mol. The van der Waals surface area contributed by atoms with E-state index in [0.717, 1.165) is 28.0 Å². The predicted octanol–water partition coefficient (Wildman–Crippen LogP) is 1.23. The number of quaternary nitrogens is 1. The Labute approximate surface area is 129 Å². The molecular formula is C16H17BrClN. The van der Waals surface area contributed by atoms with E-state index in [1.165, 1.54) is 22.1 Å². The molecule has 100 valence electrons. The number of nitrogens with zero attached hydrogens (tertiary/aromatic N) is 1. The van der Waals surface area contributed by atoms with Gasteiger partial charge in [-0.15, -0.1) is 0 Å². The van der Waals surface area contributed by atoms with Crippen molar-refractivity contribution in [2.24, 2.45) is 0 Å². The van der Waals surface area contributed by atoms with Gasteiger partial charge in [-0.1, -0.05) is 48.5 Å². The quantitative estimate of drug-likeness (QED) is 0.686. The third kappa shape index (κ3) is 2.22. The van der Waals surface area contributed by atoms with E-state index in [1.807, 2.05) is 12.1 Å². The number of hydrogen-bond donors (Lipinski definition) is 0. The molecule has 0 bridgehead atoms. The van der Waals surface area contributed by atoms with E-state index in [0.29, 0.717) is 0 Å². The van der Waals surface area contributed by atoms with Gasteiger partial charge in [0, 0.05) is 16.5 Å². The minimum atomic E-state index is 0. The van der Waals surface area contributed by atoms with Crippen LogP contribution >= 0.6 is 11.6 Å². The van der Waals surface area contributed by atoms with Crippen molar-refractivity contribution in [3.63, 3.8) is 0 Å². The van der Waals surface area contributed by atoms with Crippen molar-refractivity contribution in [2.45, 2.75) is 13.1 Å². The van der Waals surface area contributed by atoms with Crippen LogP contribution in [-0.4, -0.2) is 18.6 Å². The SMILES string of the molecule is C=Cc1c2c(c(Cl)c3ccccc13)C[N+](C)(C)C2.[Br-]. The van der Waals surface area contributed by atoms with Crippen LogP contribution in [0.5, 0.6) is 0 Å². The Kier molecular flexibility index (Phi) is 3.78. The van der Waals surface area contributed by atoms with Gasteiger partial charge in [0.15, 0.2) is 0 Å². The Bertz CT molecular complexity index is 661. The Morgan fingerprint density at radius 1 is 1.11 bits per heavy atom. The molecule has 0 spiro atoms.